The fourth-order valence-electron chi connectivity index (χ4n) is 2.20. The largest absolute Gasteiger partial charge is 0.352 e. The van der Waals surface area contributed by atoms with Gasteiger partial charge in [0.1, 0.15) is 0 Å². The molecule has 0 aliphatic rings. The van der Waals surface area contributed by atoms with Crippen LogP contribution < -0.4 is 10.9 Å². The molecule has 2 aromatic rings. The smallest absolute Gasteiger partial charge is 0.255 e. The fourth-order valence-corrected chi connectivity index (χ4v) is 2.20. The van der Waals surface area contributed by atoms with Crippen LogP contribution in [-0.4, -0.2) is 10.5 Å². The number of carbonyl (C=O) groups excluding carboxylic acids is 1. The van der Waals surface area contributed by atoms with Crippen molar-refractivity contribution in [2.75, 3.05) is 0 Å². The molecule has 0 spiro atoms. The molecule has 0 fully saturated rings. The lowest BCUT2D eigenvalue weighted by molar-refractivity contribution is -0.121. The van der Waals surface area contributed by atoms with Crippen LogP contribution in [-0.2, 0) is 24.8 Å². The maximum absolute atomic E-state index is 11.9. The van der Waals surface area contributed by atoms with Crippen molar-refractivity contribution in [1.29, 1.82) is 0 Å². The second-order valence-electron chi connectivity index (χ2n) is 5.22. The number of nitrogens with one attached hydrogen (secondary N) is 1. The monoisotopic (exact) mass is 284 g/mol. The summed E-state index contributed by atoms with van der Waals surface area (Å²) in [4.78, 5) is 23.7. The molecule has 0 aliphatic heterocycles. The first-order valence-electron chi connectivity index (χ1n) is 7.03. The summed E-state index contributed by atoms with van der Waals surface area (Å²) in [5.74, 6) is -0.0394. The normalized spacial score (nSPS) is 10.4. The van der Waals surface area contributed by atoms with Gasteiger partial charge in [-0.3, -0.25) is 9.59 Å². The summed E-state index contributed by atoms with van der Waals surface area (Å²) in [6.45, 7) is 2.31. The third kappa shape index (κ3) is 4.31. The Morgan fingerprint density at radius 1 is 1.24 bits per heavy atom. The van der Waals surface area contributed by atoms with Gasteiger partial charge in [0.2, 0.25) is 5.91 Å². The van der Waals surface area contributed by atoms with Crippen molar-refractivity contribution in [3.8, 4) is 0 Å². The van der Waals surface area contributed by atoms with Crippen molar-refractivity contribution >= 4 is 5.91 Å². The van der Waals surface area contributed by atoms with E-state index in [1.807, 2.05) is 25.1 Å². The van der Waals surface area contributed by atoms with Crippen molar-refractivity contribution in [2.45, 2.75) is 26.3 Å². The minimum atomic E-state index is -0.0727. The van der Waals surface area contributed by atoms with Gasteiger partial charge < -0.3 is 9.88 Å². The molecule has 1 aromatic heterocycles. The van der Waals surface area contributed by atoms with Crippen molar-refractivity contribution < 1.29 is 4.79 Å². The van der Waals surface area contributed by atoms with E-state index in [1.165, 1.54) is 10.1 Å². The number of nitrogens with zero attached hydrogens (tertiary/aromatic N) is 1. The number of aryl methyl sites for hydroxylation is 3. The Morgan fingerprint density at radius 3 is 2.81 bits per heavy atom. The highest BCUT2D eigenvalue weighted by Gasteiger charge is 2.05. The van der Waals surface area contributed by atoms with Gasteiger partial charge >= 0.3 is 0 Å². The summed E-state index contributed by atoms with van der Waals surface area (Å²) >= 11 is 0. The van der Waals surface area contributed by atoms with Gasteiger partial charge in [-0.2, -0.15) is 0 Å². The van der Waals surface area contributed by atoms with Gasteiger partial charge in [-0.1, -0.05) is 35.9 Å². The number of rotatable bonds is 5. The number of pyridine rings is 1. The number of hydrogen-bond acceptors (Lipinski definition) is 2. The van der Waals surface area contributed by atoms with E-state index in [0.717, 1.165) is 5.56 Å². The van der Waals surface area contributed by atoms with E-state index >= 15 is 0 Å². The first-order valence-corrected chi connectivity index (χ1v) is 7.03. The molecule has 0 bridgehead atoms. The maximum atomic E-state index is 11.9. The van der Waals surface area contributed by atoms with Crippen molar-refractivity contribution in [3.05, 3.63) is 69.6 Å². The van der Waals surface area contributed by atoms with Crippen LogP contribution in [0.2, 0.25) is 0 Å². The summed E-state index contributed by atoms with van der Waals surface area (Å²) in [6, 6.07) is 11.7. The number of amides is 1. The minimum absolute atomic E-state index is 0.0394. The molecule has 1 heterocycles. The van der Waals surface area contributed by atoms with Gasteiger partial charge in [0, 0.05) is 31.8 Å². The predicted molar refractivity (Wildman–Crippen MR) is 83.0 cm³/mol. The number of aromatic nitrogens is 1. The lowest BCUT2D eigenvalue weighted by atomic mass is 10.1. The minimum Gasteiger partial charge on any atom is -0.352 e. The van der Waals surface area contributed by atoms with E-state index in [2.05, 4.69) is 11.4 Å². The van der Waals surface area contributed by atoms with E-state index in [9.17, 15) is 9.59 Å². The van der Waals surface area contributed by atoms with Crippen LogP contribution in [0.15, 0.2) is 47.4 Å². The van der Waals surface area contributed by atoms with Crippen LogP contribution in [0, 0.1) is 6.92 Å². The first-order chi connectivity index (χ1) is 10.1. The van der Waals surface area contributed by atoms with E-state index < -0.39 is 0 Å². The Kier molecular flexibility index (Phi) is 4.93. The van der Waals surface area contributed by atoms with Crippen molar-refractivity contribution in [2.24, 2.45) is 7.05 Å². The molecular formula is C17H20N2O2. The lowest BCUT2D eigenvalue weighted by Gasteiger charge is -2.06. The second-order valence-corrected chi connectivity index (χ2v) is 5.22. The summed E-state index contributed by atoms with van der Waals surface area (Å²) in [7, 11) is 1.70. The van der Waals surface area contributed by atoms with Crippen LogP contribution in [0.5, 0.6) is 0 Å². The molecular weight excluding hydrogens is 264 g/mol. The van der Waals surface area contributed by atoms with Gasteiger partial charge in [0.25, 0.3) is 5.56 Å². The first kappa shape index (κ1) is 15.0. The Morgan fingerprint density at radius 2 is 2.05 bits per heavy atom. The van der Waals surface area contributed by atoms with E-state index in [4.69, 9.17) is 0 Å². The zero-order valence-electron chi connectivity index (χ0n) is 12.4. The highest BCUT2D eigenvalue weighted by atomic mass is 16.1. The SMILES string of the molecule is Cc1cccc(CCC(=O)NCc2cccn(C)c2=O)c1. The zero-order chi connectivity index (χ0) is 15.2. The fraction of sp³-hybridized carbons (Fsp3) is 0.294. The molecule has 0 saturated carbocycles. The van der Waals surface area contributed by atoms with Gasteiger partial charge in [0.05, 0.1) is 0 Å². The summed E-state index contributed by atoms with van der Waals surface area (Å²) in [5.41, 5.74) is 2.88. The molecule has 1 N–H and O–H groups in total. The van der Waals surface area contributed by atoms with E-state index in [0.29, 0.717) is 18.4 Å². The van der Waals surface area contributed by atoms with Gasteiger partial charge in [0.15, 0.2) is 0 Å². The third-order valence-corrected chi connectivity index (χ3v) is 3.40. The zero-order valence-corrected chi connectivity index (χ0v) is 12.4. The number of hydrogen-bond donors (Lipinski definition) is 1. The third-order valence-electron chi connectivity index (χ3n) is 3.40. The Balaban J connectivity index is 1.85. The molecule has 1 amide bonds. The molecule has 0 atom stereocenters. The number of benzene rings is 1. The molecule has 2 rings (SSSR count). The van der Waals surface area contributed by atoms with Gasteiger partial charge in [-0.15, -0.1) is 0 Å². The summed E-state index contributed by atoms with van der Waals surface area (Å²) in [5, 5.41) is 2.80. The predicted octanol–water partition coefficient (Wildman–Crippen LogP) is 1.94. The average Bonchev–Trinajstić information content (AvgIpc) is 2.47. The Labute approximate surface area is 124 Å². The lowest BCUT2D eigenvalue weighted by Crippen LogP contribution is -2.28. The van der Waals surface area contributed by atoms with Crippen LogP contribution in [0.25, 0.3) is 0 Å². The highest BCUT2D eigenvalue weighted by Crippen LogP contribution is 2.06. The molecule has 1 aromatic carbocycles. The molecule has 0 unspecified atom stereocenters. The van der Waals surface area contributed by atoms with Crippen LogP contribution in [0.4, 0.5) is 0 Å². The summed E-state index contributed by atoms with van der Waals surface area (Å²) < 4.78 is 1.51. The highest BCUT2D eigenvalue weighted by molar-refractivity contribution is 5.76. The maximum Gasteiger partial charge on any atom is 0.255 e. The molecule has 4 heteroatoms. The van der Waals surface area contributed by atoms with Crippen molar-refractivity contribution in [1.82, 2.24) is 9.88 Å². The average molecular weight is 284 g/mol. The molecule has 0 saturated heterocycles. The van der Waals surface area contributed by atoms with Crippen LogP contribution in [0.3, 0.4) is 0 Å². The second kappa shape index (κ2) is 6.88. The molecule has 0 radical (unpaired) electrons. The molecule has 0 aliphatic carbocycles. The standard InChI is InChI=1S/C17H20N2O2/c1-13-5-3-6-14(11-13)8-9-16(20)18-12-15-7-4-10-19(2)17(15)21/h3-7,10-11H,8-9,12H2,1-2H3,(H,18,20). The Bertz CT molecular complexity index is 689. The summed E-state index contributed by atoms with van der Waals surface area (Å²) in [6.07, 6.45) is 2.84. The van der Waals surface area contributed by atoms with Crippen LogP contribution >= 0.6 is 0 Å². The number of carbonyl (C=O) groups is 1. The molecule has 21 heavy (non-hydrogen) atoms. The van der Waals surface area contributed by atoms with Crippen molar-refractivity contribution in [3.63, 3.8) is 0 Å². The Hall–Kier alpha value is -2.36. The van der Waals surface area contributed by atoms with Crippen LogP contribution in [0.1, 0.15) is 23.1 Å². The van der Waals surface area contributed by atoms with Gasteiger partial charge in [-0.25, -0.2) is 0 Å². The van der Waals surface area contributed by atoms with Gasteiger partial charge in [-0.05, 0) is 25.0 Å². The molecule has 110 valence electrons. The quantitative estimate of drug-likeness (QED) is 0.912. The topological polar surface area (TPSA) is 51.1 Å². The van der Waals surface area contributed by atoms with E-state index in [1.54, 1.807) is 25.4 Å². The molecule has 4 nitrogen and oxygen atoms in total. The van der Waals surface area contributed by atoms with E-state index in [-0.39, 0.29) is 18.0 Å².